The average molecular weight is 281 g/mol. The largest absolute Gasteiger partial charge is 0.368 e. The van der Waals surface area contributed by atoms with E-state index in [4.69, 9.17) is 0 Å². The standard InChI is InChI=1S/C18H23N3/c1-3-16-4-6-17(7-5-16)20-10-12-21(13-11-20)18-8-9-19-15(2)14-18/h4-9,14H,3,10-13H2,1-2H3. The summed E-state index contributed by atoms with van der Waals surface area (Å²) in [6, 6.07) is 13.3. The molecule has 2 aromatic rings. The van der Waals surface area contributed by atoms with E-state index in [1.54, 1.807) is 0 Å². The molecular formula is C18H23N3. The third kappa shape index (κ3) is 3.18. The summed E-state index contributed by atoms with van der Waals surface area (Å²) in [6.45, 7) is 8.54. The second-order valence-electron chi connectivity index (χ2n) is 5.65. The van der Waals surface area contributed by atoms with Crippen LogP contribution in [0.15, 0.2) is 42.6 Å². The molecule has 0 atom stereocenters. The van der Waals surface area contributed by atoms with Crippen molar-refractivity contribution in [3.63, 3.8) is 0 Å². The minimum Gasteiger partial charge on any atom is -0.368 e. The lowest BCUT2D eigenvalue weighted by molar-refractivity contribution is 0.653. The lowest BCUT2D eigenvalue weighted by Crippen LogP contribution is -2.46. The molecule has 0 saturated carbocycles. The summed E-state index contributed by atoms with van der Waals surface area (Å²) in [5, 5.41) is 0. The van der Waals surface area contributed by atoms with Gasteiger partial charge >= 0.3 is 0 Å². The summed E-state index contributed by atoms with van der Waals surface area (Å²) in [5.74, 6) is 0. The SMILES string of the molecule is CCc1ccc(N2CCN(c3ccnc(C)c3)CC2)cc1. The topological polar surface area (TPSA) is 19.4 Å². The molecule has 0 unspecified atom stereocenters. The first-order chi connectivity index (χ1) is 10.3. The first-order valence-corrected chi connectivity index (χ1v) is 7.78. The van der Waals surface area contributed by atoms with Crippen molar-refractivity contribution >= 4 is 11.4 Å². The zero-order valence-corrected chi connectivity index (χ0v) is 12.9. The van der Waals surface area contributed by atoms with Crippen molar-refractivity contribution in [3.05, 3.63) is 53.9 Å². The lowest BCUT2D eigenvalue weighted by Gasteiger charge is -2.37. The molecule has 3 heteroatoms. The predicted octanol–water partition coefficient (Wildman–Crippen LogP) is 3.28. The molecule has 1 aliphatic heterocycles. The van der Waals surface area contributed by atoms with Crippen molar-refractivity contribution in [3.8, 4) is 0 Å². The van der Waals surface area contributed by atoms with Crippen LogP contribution in [-0.2, 0) is 6.42 Å². The van der Waals surface area contributed by atoms with Gasteiger partial charge in [0.05, 0.1) is 0 Å². The van der Waals surface area contributed by atoms with Crippen LogP contribution in [0.2, 0.25) is 0 Å². The molecule has 1 aliphatic rings. The van der Waals surface area contributed by atoms with Gasteiger partial charge in [-0.1, -0.05) is 19.1 Å². The Kier molecular flexibility index (Phi) is 4.09. The highest BCUT2D eigenvalue weighted by atomic mass is 15.3. The molecule has 1 aromatic heterocycles. The van der Waals surface area contributed by atoms with Crippen molar-refractivity contribution in [2.45, 2.75) is 20.3 Å². The van der Waals surface area contributed by atoms with Crippen LogP contribution >= 0.6 is 0 Å². The van der Waals surface area contributed by atoms with Gasteiger partial charge < -0.3 is 9.80 Å². The van der Waals surface area contributed by atoms with Gasteiger partial charge in [-0.15, -0.1) is 0 Å². The smallest absolute Gasteiger partial charge is 0.0401 e. The fourth-order valence-corrected chi connectivity index (χ4v) is 2.89. The molecule has 0 radical (unpaired) electrons. The summed E-state index contributed by atoms with van der Waals surface area (Å²) < 4.78 is 0. The number of aryl methyl sites for hydroxylation is 2. The van der Waals surface area contributed by atoms with Crippen molar-refractivity contribution in [1.29, 1.82) is 0 Å². The molecule has 0 aliphatic carbocycles. The number of hydrogen-bond acceptors (Lipinski definition) is 3. The Morgan fingerprint density at radius 2 is 1.52 bits per heavy atom. The van der Waals surface area contributed by atoms with E-state index in [0.717, 1.165) is 38.3 Å². The second-order valence-corrected chi connectivity index (χ2v) is 5.65. The van der Waals surface area contributed by atoms with Gasteiger partial charge in [0, 0.05) is 49.4 Å². The van der Waals surface area contributed by atoms with Gasteiger partial charge in [0.2, 0.25) is 0 Å². The van der Waals surface area contributed by atoms with E-state index in [1.807, 2.05) is 6.20 Å². The Hall–Kier alpha value is -2.03. The van der Waals surface area contributed by atoms with Gasteiger partial charge in [0.15, 0.2) is 0 Å². The fourth-order valence-electron chi connectivity index (χ4n) is 2.89. The van der Waals surface area contributed by atoms with Gasteiger partial charge in [0.25, 0.3) is 0 Å². The van der Waals surface area contributed by atoms with Crippen molar-refractivity contribution in [2.24, 2.45) is 0 Å². The number of benzene rings is 1. The average Bonchev–Trinajstić information content (AvgIpc) is 2.55. The van der Waals surface area contributed by atoms with Crippen LogP contribution in [0.1, 0.15) is 18.2 Å². The van der Waals surface area contributed by atoms with E-state index in [9.17, 15) is 0 Å². The van der Waals surface area contributed by atoms with Crippen LogP contribution in [0.3, 0.4) is 0 Å². The maximum atomic E-state index is 4.28. The highest BCUT2D eigenvalue weighted by Crippen LogP contribution is 2.21. The number of aromatic nitrogens is 1. The summed E-state index contributed by atoms with van der Waals surface area (Å²) in [6.07, 6.45) is 3.01. The van der Waals surface area contributed by atoms with E-state index in [-0.39, 0.29) is 0 Å². The monoisotopic (exact) mass is 281 g/mol. The number of pyridine rings is 1. The Morgan fingerprint density at radius 1 is 0.905 bits per heavy atom. The zero-order chi connectivity index (χ0) is 14.7. The van der Waals surface area contributed by atoms with Gasteiger partial charge in [-0.25, -0.2) is 0 Å². The lowest BCUT2D eigenvalue weighted by atomic mass is 10.1. The number of anilines is 2. The van der Waals surface area contributed by atoms with E-state index in [1.165, 1.54) is 16.9 Å². The molecule has 3 rings (SSSR count). The molecule has 0 spiro atoms. The Morgan fingerprint density at radius 3 is 2.10 bits per heavy atom. The number of hydrogen-bond donors (Lipinski definition) is 0. The quantitative estimate of drug-likeness (QED) is 0.860. The number of piperazine rings is 1. The van der Waals surface area contributed by atoms with Crippen molar-refractivity contribution < 1.29 is 0 Å². The first kappa shape index (κ1) is 13.9. The molecule has 0 amide bonds. The van der Waals surface area contributed by atoms with Crippen LogP contribution in [-0.4, -0.2) is 31.2 Å². The van der Waals surface area contributed by atoms with Crippen molar-refractivity contribution in [2.75, 3.05) is 36.0 Å². The summed E-state index contributed by atoms with van der Waals surface area (Å²) in [7, 11) is 0. The van der Waals surface area contributed by atoms with Crippen LogP contribution in [0, 0.1) is 6.92 Å². The highest BCUT2D eigenvalue weighted by Gasteiger charge is 2.17. The molecule has 110 valence electrons. The molecular weight excluding hydrogens is 258 g/mol. The van der Waals surface area contributed by atoms with Gasteiger partial charge in [-0.3, -0.25) is 4.98 Å². The van der Waals surface area contributed by atoms with E-state index >= 15 is 0 Å². The molecule has 0 bridgehead atoms. The van der Waals surface area contributed by atoms with Crippen molar-refractivity contribution in [1.82, 2.24) is 4.98 Å². The first-order valence-electron chi connectivity index (χ1n) is 7.78. The molecule has 2 heterocycles. The molecule has 1 aromatic carbocycles. The summed E-state index contributed by atoms with van der Waals surface area (Å²) >= 11 is 0. The van der Waals surface area contributed by atoms with Gasteiger partial charge in [0.1, 0.15) is 0 Å². The minimum absolute atomic E-state index is 1.07. The van der Waals surface area contributed by atoms with Crippen LogP contribution in [0.5, 0.6) is 0 Å². The Balaban J connectivity index is 1.64. The van der Waals surface area contributed by atoms with Gasteiger partial charge in [-0.2, -0.15) is 0 Å². The van der Waals surface area contributed by atoms with Crippen LogP contribution in [0.4, 0.5) is 11.4 Å². The molecule has 0 N–H and O–H groups in total. The minimum atomic E-state index is 1.07. The number of rotatable bonds is 3. The van der Waals surface area contributed by atoms with Gasteiger partial charge in [-0.05, 0) is 43.2 Å². The predicted molar refractivity (Wildman–Crippen MR) is 89.2 cm³/mol. The normalized spacial score (nSPS) is 15.3. The molecule has 1 fully saturated rings. The van der Waals surface area contributed by atoms with Crippen LogP contribution < -0.4 is 9.80 Å². The summed E-state index contributed by atoms with van der Waals surface area (Å²) in [5.41, 5.74) is 5.14. The van der Waals surface area contributed by atoms with E-state index in [0.29, 0.717) is 0 Å². The van der Waals surface area contributed by atoms with E-state index in [2.05, 4.69) is 65.0 Å². The maximum Gasteiger partial charge on any atom is 0.0401 e. The second kappa shape index (κ2) is 6.17. The maximum absolute atomic E-state index is 4.28. The molecule has 3 nitrogen and oxygen atoms in total. The zero-order valence-electron chi connectivity index (χ0n) is 12.9. The number of nitrogens with zero attached hydrogens (tertiary/aromatic N) is 3. The Bertz CT molecular complexity index is 584. The molecule has 1 saturated heterocycles. The highest BCUT2D eigenvalue weighted by molar-refractivity contribution is 5.52. The fraction of sp³-hybridized carbons (Fsp3) is 0.389. The third-order valence-corrected chi connectivity index (χ3v) is 4.23. The molecule has 21 heavy (non-hydrogen) atoms. The van der Waals surface area contributed by atoms with Crippen LogP contribution in [0.25, 0.3) is 0 Å². The third-order valence-electron chi connectivity index (χ3n) is 4.23. The van der Waals surface area contributed by atoms with E-state index < -0.39 is 0 Å². The Labute approximate surface area is 127 Å². The summed E-state index contributed by atoms with van der Waals surface area (Å²) in [4.78, 5) is 9.20.